The first-order valence-electron chi connectivity index (χ1n) is 8.33. The highest BCUT2D eigenvalue weighted by atomic mass is 16.5. The normalized spacial score (nSPS) is 17.8. The zero-order valence-electron chi connectivity index (χ0n) is 14.4. The van der Waals surface area contributed by atoms with E-state index in [-0.39, 0.29) is 0 Å². The Kier molecular flexibility index (Phi) is 5.91. The van der Waals surface area contributed by atoms with Crippen molar-refractivity contribution in [3.63, 3.8) is 0 Å². The topological polar surface area (TPSA) is 132 Å². The Bertz CT molecular complexity index is 773. The van der Waals surface area contributed by atoms with Crippen LogP contribution in [-0.4, -0.2) is 60.6 Å². The second-order valence-corrected chi connectivity index (χ2v) is 5.97. The van der Waals surface area contributed by atoms with Gasteiger partial charge in [0.05, 0.1) is 0 Å². The van der Waals surface area contributed by atoms with Crippen LogP contribution >= 0.6 is 0 Å². The highest BCUT2D eigenvalue weighted by molar-refractivity contribution is 5.91. The quantitative estimate of drug-likeness (QED) is 0.319. The highest BCUT2D eigenvalue weighted by Gasteiger charge is 2.25. The summed E-state index contributed by atoms with van der Waals surface area (Å²) in [6, 6.07) is 2.63. The lowest BCUT2D eigenvalue weighted by molar-refractivity contribution is -0.127. The van der Waals surface area contributed by atoms with Crippen LogP contribution in [0.15, 0.2) is 22.7 Å². The van der Waals surface area contributed by atoms with Crippen LogP contribution in [0.4, 0.5) is 0 Å². The van der Waals surface area contributed by atoms with Crippen molar-refractivity contribution in [3.05, 3.63) is 29.7 Å². The molecule has 2 atom stereocenters. The van der Waals surface area contributed by atoms with Gasteiger partial charge in [-0.05, 0) is 13.1 Å². The van der Waals surface area contributed by atoms with Crippen LogP contribution in [-0.2, 0) is 9.59 Å². The van der Waals surface area contributed by atoms with E-state index in [0.717, 1.165) is 31.7 Å². The molecule has 140 valence electrons. The van der Waals surface area contributed by atoms with Gasteiger partial charge in [0.2, 0.25) is 6.41 Å². The predicted molar refractivity (Wildman–Crippen MR) is 92.1 cm³/mol. The lowest BCUT2D eigenvalue weighted by Crippen LogP contribution is -2.48. The van der Waals surface area contributed by atoms with Crippen molar-refractivity contribution in [1.29, 1.82) is 0 Å². The molecular weight excluding hydrogens is 340 g/mol. The molecule has 1 aliphatic heterocycles. The number of aromatic nitrogens is 1. The van der Waals surface area contributed by atoms with Gasteiger partial charge < -0.3 is 20.3 Å². The standard InChI is InChI=1S/C16H22N6O4/c1-17-14(16(24)20-9-23)13-7-11-12(26-13)6-10(8-19-11)15(21-25)22-4-2-18-3-5-22/h6-9,14-15,17-18,21,25H,2-5H2,1H3,(H,20,23,24). The molecule has 3 rings (SSSR count). The van der Waals surface area contributed by atoms with Crippen LogP contribution < -0.4 is 21.4 Å². The van der Waals surface area contributed by atoms with Crippen molar-refractivity contribution in [2.75, 3.05) is 33.2 Å². The second kappa shape index (κ2) is 8.34. The number of carbonyl (C=O) groups excluding carboxylic acids is 2. The molecule has 0 spiro atoms. The molecule has 2 unspecified atom stereocenters. The molecule has 1 fully saturated rings. The van der Waals surface area contributed by atoms with E-state index < -0.39 is 18.1 Å². The van der Waals surface area contributed by atoms with Crippen molar-refractivity contribution < 1.29 is 19.2 Å². The first-order valence-corrected chi connectivity index (χ1v) is 8.33. The van der Waals surface area contributed by atoms with Crippen LogP contribution in [0, 0.1) is 0 Å². The van der Waals surface area contributed by atoms with E-state index in [4.69, 9.17) is 4.42 Å². The number of nitrogens with zero attached hydrogens (tertiary/aromatic N) is 2. The summed E-state index contributed by atoms with van der Waals surface area (Å²) in [6.45, 7) is 3.25. The van der Waals surface area contributed by atoms with E-state index in [1.54, 1.807) is 25.4 Å². The number of fused-ring (bicyclic) bond motifs is 1. The molecule has 10 heteroatoms. The first-order chi connectivity index (χ1) is 12.7. The minimum Gasteiger partial charge on any atom is -0.457 e. The second-order valence-electron chi connectivity index (χ2n) is 5.97. The fourth-order valence-electron chi connectivity index (χ4n) is 3.09. The van der Waals surface area contributed by atoms with Crippen LogP contribution in [0.3, 0.4) is 0 Å². The molecule has 2 aromatic heterocycles. The maximum Gasteiger partial charge on any atom is 0.251 e. The summed E-state index contributed by atoms with van der Waals surface area (Å²) in [4.78, 5) is 28.9. The number of nitrogens with one attached hydrogen (secondary N) is 4. The van der Waals surface area contributed by atoms with Gasteiger partial charge in [0.15, 0.2) is 5.58 Å². The number of furan rings is 1. The lowest BCUT2D eigenvalue weighted by Gasteiger charge is -2.33. The van der Waals surface area contributed by atoms with Crippen LogP contribution in [0.1, 0.15) is 23.5 Å². The molecule has 0 aromatic carbocycles. The summed E-state index contributed by atoms with van der Waals surface area (Å²) in [5, 5.41) is 17.8. The maximum atomic E-state index is 11.9. The van der Waals surface area contributed by atoms with E-state index in [1.165, 1.54) is 0 Å². The SMILES string of the molecule is CNC(C(=O)NC=O)c1cc2ncc(C(NO)N3CCNCC3)cc2o1. The van der Waals surface area contributed by atoms with E-state index >= 15 is 0 Å². The largest absolute Gasteiger partial charge is 0.457 e. The molecule has 2 amide bonds. The van der Waals surface area contributed by atoms with Gasteiger partial charge in [-0.2, -0.15) is 5.48 Å². The Morgan fingerprint density at radius 1 is 1.42 bits per heavy atom. The third kappa shape index (κ3) is 3.74. The van der Waals surface area contributed by atoms with Gasteiger partial charge in [0.25, 0.3) is 5.91 Å². The van der Waals surface area contributed by atoms with Crippen LogP contribution in [0.5, 0.6) is 0 Å². The van der Waals surface area contributed by atoms with Gasteiger partial charge in [0.1, 0.15) is 23.5 Å². The number of amides is 2. The maximum absolute atomic E-state index is 11.9. The number of hydrogen-bond acceptors (Lipinski definition) is 9. The third-order valence-electron chi connectivity index (χ3n) is 4.40. The zero-order valence-corrected chi connectivity index (χ0v) is 14.4. The van der Waals surface area contributed by atoms with Gasteiger partial charge in [-0.25, -0.2) is 0 Å². The Morgan fingerprint density at radius 2 is 2.19 bits per heavy atom. The molecular formula is C16H22N6O4. The van der Waals surface area contributed by atoms with E-state index in [1.807, 2.05) is 0 Å². The number of hydroxylamine groups is 1. The van der Waals surface area contributed by atoms with Crippen molar-refractivity contribution >= 4 is 23.4 Å². The molecule has 5 N–H and O–H groups in total. The summed E-state index contributed by atoms with van der Waals surface area (Å²) >= 11 is 0. The number of imide groups is 1. The third-order valence-corrected chi connectivity index (χ3v) is 4.40. The first kappa shape index (κ1) is 18.4. The molecule has 1 aliphatic rings. The molecule has 1 saturated heterocycles. The molecule has 10 nitrogen and oxygen atoms in total. The number of likely N-dealkylation sites (N-methyl/N-ethyl adjacent to an activating group) is 1. The Hall–Kier alpha value is -2.37. The number of piperazine rings is 1. The zero-order chi connectivity index (χ0) is 18.5. The molecule has 0 saturated carbocycles. The summed E-state index contributed by atoms with van der Waals surface area (Å²) in [5.41, 5.74) is 4.16. The van der Waals surface area contributed by atoms with Gasteiger partial charge in [-0.15, -0.1) is 0 Å². The van der Waals surface area contributed by atoms with Crippen LogP contribution in [0.2, 0.25) is 0 Å². The average molecular weight is 362 g/mol. The van der Waals surface area contributed by atoms with Crippen molar-refractivity contribution in [3.8, 4) is 0 Å². The summed E-state index contributed by atoms with van der Waals surface area (Å²) in [7, 11) is 1.59. The van der Waals surface area contributed by atoms with Crippen molar-refractivity contribution in [2.24, 2.45) is 0 Å². The molecule has 3 heterocycles. The van der Waals surface area contributed by atoms with Gasteiger partial charge in [0, 0.05) is 44.0 Å². The predicted octanol–water partition coefficient (Wildman–Crippen LogP) is -0.756. The van der Waals surface area contributed by atoms with Gasteiger partial charge in [-0.3, -0.25) is 24.8 Å². The van der Waals surface area contributed by atoms with Crippen molar-refractivity contribution in [2.45, 2.75) is 12.2 Å². The number of carbonyl (C=O) groups is 2. The number of rotatable bonds is 7. The highest BCUT2D eigenvalue weighted by Crippen LogP contribution is 2.26. The summed E-state index contributed by atoms with van der Waals surface area (Å²) in [5.74, 6) is -0.167. The van der Waals surface area contributed by atoms with Gasteiger partial charge >= 0.3 is 0 Å². The fourth-order valence-corrected chi connectivity index (χ4v) is 3.09. The van der Waals surface area contributed by atoms with Crippen molar-refractivity contribution in [1.82, 2.24) is 31.3 Å². The Morgan fingerprint density at radius 3 is 2.85 bits per heavy atom. The lowest BCUT2D eigenvalue weighted by atomic mass is 10.1. The molecule has 0 aliphatic carbocycles. The van der Waals surface area contributed by atoms with Crippen LogP contribution in [0.25, 0.3) is 11.1 Å². The molecule has 2 aromatic rings. The van der Waals surface area contributed by atoms with E-state index in [2.05, 4.69) is 31.3 Å². The van der Waals surface area contributed by atoms with E-state index in [0.29, 0.717) is 23.3 Å². The summed E-state index contributed by atoms with van der Waals surface area (Å²) < 4.78 is 5.77. The fraction of sp³-hybridized carbons (Fsp3) is 0.438. The summed E-state index contributed by atoms with van der Waals surface area (Å²) in [6.07, 6.45) is 1.59. The smallest absolute Gasteiger partial charge is 0.251 e. The average Bonchev–Trinajstić information content (AvgIpc) is 3.07. The minimum atomic E-state index is -0.808. The minimum absolute atomic E-state index is 0.330. The van der Waals surface area contributed by atoms with E-state index in [9.17, 15) is 14.8 Å². The van der Waals surface area contributed by atoms with Gasteiger partial charge in [-0.1, -0.05) is 0 Å². The number of hydrogen-bond donors (Lipinski definition) is 5. The molecule has 0 bridgehead atoms. The Labute approximate surface area is 149 Å². The molecule has 26 heavy (non-hydrogen) atoms. The monoisotopic (exact) mass is 362 g/mol. The molecule has 0 radical (unpaired) electrons. The number of pyridine rings is 1. The Balaban J connectivity index is 1.88.